The molecule has 0 atom stereocenters. The van der Waals surface area contributed by atoms with Gasteiger partial charge in [0.15, 0.2) is 0 Å². The number of hydrogen-bond donors (Lipinski definition) is 2. The Balaban J connectivity index is 1.69. The van der Waals surface area contributed by atoms with E-state index in [1.54, 1.807) is 42.5 Å². The summed E-state index contributed by atoms with van der Waals surface area (Å²) in [4.78, 5) is 16.1. The van der Waals surface area contributed by atoms with Crippen LogP contribution in [0.4, 0.5) is 10.5 Å². The SMILES string of the molecule is CC(C)NC(=O)Nc1ccc(Oc2nc3ccc(C#N)cc3s2)cc1. The molecule has 3 rings (SSSR count). The first-order valence-electron chi connectivity index (χ1n) is 7.69. The number of hydrogen-bond acceptors (Lipinski definition) is 5. The van der Waals surface area contributed by atoms with Crippen molar-refractivity contribution in [3.8, 4) is 17.0 Å². The molecule has 0 aliphatic rings. The van der Waals surface area contributed by atoms with Crippen molar-refractivity contribution in [2.24, 2.45) is 0 Å². The fourth-order valence-electron chi connectivity index (χ4n) is 2.15. The number of nitriles is 1. The van der Waals surface area contributed by atoms with E-state index in [4.69, 9.17) is 10.00 Å². The number of benzene rings is 2. The van der Waals surface area contributed by atoms with E-state index in [2.05, 4.69) is 21.7 Å². The number of fused-ring (bicyclic) bond motifs is 1. The number of urea groups is 1. The fraction of sp³-hybridized carbons (Fsp3) is 0.167. The van der Waals surface area contributed by atoms with E-state index >= 15 is 0 Å². The maximum absolute atomic E-state index is 11.7. The second kappa shape index (κ2) is 7.20. The van der Waals surface area contributed by atoms with E-state index in [0.29, 0.717) is 22.2 Å². The Labute approximate surface area is 149 Å². The van der Waals surface area contributed by atoms with Crippen molar-refractivity contribution in [3.05, 3.63) is 48.0 Å². The molecule has 3 aromatic rings. The Morgan fingerprint density at radius 3 is 2.68 bits per heavy atom. The molecule has 0 unspecified atom stereocenters. The maximum atomic E-state index is 11.7. The lowest BCUT2D eigenvalue weighted by atomic mass is 10.2. The molecule has 0 saturated heterocycles. The maximum Gasteiger partial charge on any atom is 0.319 e. The lowest BCUT2D eigenvalue weighted by molar-refractivity contribution is 0.250. The van der Waals surface area contributed by atoms with E-state index in [1.165, 1.54) is 11.3 Å². The first-order chi connectivity index (χ1) is 12.0. The number of anilines is 1. The van der Waals surface area contributed by atoms with Crippen LogP contribution in [0.2, 0.25) is 0 Å². The minimum Gasteiger partial charge on any atom is -0.431 e. The van der Waals surface area contributed by atoms with Gasteiger partial charge in [-0.05, 0) is 56.3 Å². The van der Waals surface area contributed by atoms with Gasteiger partial charge in [-0.1, -0.05) is 11.3 Å². The highest BCUT2D eigenvalue weighted by Crippen LogP contribution is 2.32. The Kier molecular flexibility index (Phi) is 4.82. The molecule has 1 heterocycles. The third-order valence-corrected chi connectivity index (χ3v) is 4.13. The number of carbonyl (C=O) groups is 1. The third-order valence-electron chi connectivity index (χ3n) is 3.24. The molecule has 0 spiro atoms. The minimum absolute atomic E-state index is 0.0724. The van der Waals surface area contributed by atoms with Crippen molar-refractivity contribution in [1.82, 2.24) is 10.3 Å². The lowest BCUT2D eigenvalue weighted by Gasteiger charge is -2.10. The molecular formula is C18H16N4O2S. The zero-order valence-corrected chi connectivity index (χ0v) is 14.6. The molecule has 1 aromatic heterocycles. The molecule has 25 heavy (non-hydrogen) atoms. The number of nitrogens with zero attached hydrogens (tertiary/aromatic N) is 2. The Hall–Kier alpha value is -3.11. The van der Waals surface area contributed by atoms with E-state index in [0.717, 1.165) is 10.2 Å². The summed E-state index contributed by atoms with van der Waals surface area (Å²) in [6.07, 6.45) is 0. The average Bonchev–Trinajstić information content (AvgIpc) is 2.97. The van der Waals surface area contributed by atoms with Gasteiger partial charge in [0, 0.05) is 11.7 Å². The van der Waals surface area contributed by atoms with Crippen LogP contribution in [0.1, 0.15) is 19.4 Å². The van der Waals surface area contributed by atoms with Gasteiger partial charge in [-0.15, -0.1) is 0 Å². The number of ether oxygens (including phenoxy) is 1. The fourth-order valence-corrected chi connectivity index (χ4v) is 3.03. The summed E-state index contributed by atoms with van der Waals surface area (Å²) in [6, 6.07) is 14.3. The number of amides is 2. The number of rotatable bonds is 4. The highest BCUT2D eigenvalue weighted by Gasteiger charge is 2.08. The minimum atomic E-state index is -0.247. The van der Waals surface area contributed by atoms with Gasteiger partial charge >= 0.3 is 6.03 Å². The topological polar surface area (TPSA) is 87.0 Å². The summed E-state index contributed by atoms with van der Waals surface area (Å²) < 4.78 is 6.66. The highest BCUT2D eigenvalue weighted by molar-refractivity contribution is 7.20. The van der Waals surface area contributed by atoms with E-state index in [1.807, 2.05) is 13.8 Å². The Morgan fingerprint density at radius 2 is 2.00 bits per heavy atom. The van der Waals surface area contributed by atoms with Crippen molar-refractivity contribution < 1.29 is 9.53 Å². The van der Waals surface area contributed by atoms with Gasteiger partial charge in [-0.2, -0.15) is 5.26 Å². The molecule has 6 nitrogen and oxygen atoms in total. The molecule has 2 amide bonds. The van der Waals surface area contributed by atoms with Crippen molar-refractivity contribution >= 4 is 33.3 Å². The molecule has 2 N–H and O–H groups in total. The monoisotopic (exact) mass is 352 g/mol. The van der Waals surface area contributed by atoms with Crippen LogP contribution in [0.5, 0.6) is 10.9 Å². The summed E-state index contributed by atoms with van der Waals surface area (Å²) in [5.74, 6) is 0.620. The molecular weight excluding hydrogens is 336 g/mol. The number of carbonyl (C=O) groups excluding carboxylic acids is 1. The van der Waals surface area contributed by atoms with Crippen molar-refractivity contribution in [3.63, 3.8) is 0 Å². The first-order valence-corrected chi connectivity index (χ1v) is 8.51. The molecule has 0 saturated carbocycles. The first kappa shape index (κ1) is 16.7. The molecule has 7 heteroatoms. The van der Waals surface area contributed by atoms with Crippen LogP contribution in [-0.2, 0) is 0 Å². The largest absolute Gasteiger partial charge is 0.431 e. The summed E-state index contributed by atoms with van der Waals surface area (Å²) >= 11 is 1.38. The van der Waals surface area contributed by atoms with Crippen LogP contribution in [0, 0.1) is 11.3 Å². The van der Waals surface area contributed by atoms with Crippen molar-refractivity contribution in [2.75, 3.05) is 5.32 Å². The van der Waals surface area contributed by atoms with Gasteiger partial charge < -0.3 is 15.4 Å². The summed E-state index contributed by atoms with van der Waals surface area (Å²) in [7, 11) is 0. The quantitative estimate of drug-likeness (QED) is 0.724. The Morgan fingerprint density at radius 1 is 1.24 bits per heavy atom. The molecule has 0 aliphatic heterocycles. The van der Waals surface area contributed by atoms with Gasteiger partial charge in [0.2, 0.25) is 0 Å². The van der Waals surface area contributed by atoms with E-state index < -0.39 is 0 Å². The van der Waals surface area contributed by atoms with Crippen LogP contribution < -0.4 is 15.4 Å². The molecule has 126 valence electrons. The predicted octanol–water partition coefficient (Wildman–Crippen LogP) is 4.49. The molecule has 0 radical (unpaired) electrons. The van der Waals surface area contributed by atoms with Crippen molar-refractivity contribution in [2.45, 2.75) is 19.9 Å². The molecule has 0 bridgehead atoms. The normalized spacial score (nSPS) is 10.5. The van der Waals surface area contributed by atoms with E-state index in [-0.39, 0.29) is 12.1 Å². The standard InChI is InChI=1S/C18H16N4O2S/c1-11(2)20-17(23)21-13-4-6-14(7-5-13)24-18-22-15-8-3-12(10-19)9-16(15)25-18/h3-9,11H,1-2H3,(H2,20,21,23). The van der Waals surface area contributed by atoms with E-state index in [9.17, 15) is 4.79 Å². The second-order valence-corrected chi connectivity index (χ2v) is 6.65. The summed E-state index contributed by atoms with van der Waals surface area (Å²) in [5.41, 5.74) is 2.06. The van der Waals surface area contributed by atoms with Crippen molar-refractivity contribution in [1.29, 1.82) is 5.26 Å². The van der Waals surface area contributed by atoms with Gasteiger partial charge in [0.1, 0.15) is 5.75 Å². The van der Waals surface area contributed by atoms with Crippen LogP contribution in [0.3, 0.4) is 0 Å². The average molecular weight is 352 g/mol. The summed E-state index contributed by atoms with van der Waals surface area (Å²) in [5, 5.41) is 15.0. The number of nitrogens with one attached hydrogen (secondary N) is 2. The lowest BCUT2D eigenvalue weighted by Crippen LogP contribution is -2.34. The highest BCUT2D eigenvalue weighted by atomic mass is 32.1. The Bertz CT molecular complexity index is 942. The van der Waals surface area contributed by atoms with Crippen LogP contribution in [0.25, 0.3) is 10.2 Å². The van der Waals surface area contributed by atoms with Crippen LogP contribution in [-0.4, -0.2) is 17.1 Å². The van der Waals surface area contributed by atoms with Gasteiger partial charge in [0.25, 0.3) is 5.19 Å². The zero-order valence-electron chi connectivity index (χ0n) is 13.7. The smallest absolute Gasteiger partial charge is 0.319 e. The zero-order chi connectivity index (χ0) is 17.8. The van der Waals surface area contributed by atoms with Gasteiger partial charge in [0.05, 0.1) is 21.8 Å². The van der Waals surface area contributed by atoms with Gasteiger partial charge in [-0.3, -0.25) is 0 Å². The van der Waals surface area contributed by atoms with Crippen LogP contribution in [0.15, 0.2) is 42.5 Å². The summed E-state index contributed by atoms with van der Waals surface area (Å²) in [6.45, 7) is 3.79. The predicted molar refractivity (Wildman–Crippen MR) is 98.1 cm³/mol. The van der Waals surface area contributed by atoms with Crippen LogP contribution >= 0.6 is 11.3 Å². The molecule has 0 aliphatic carbocycles. The molecule has 0 fully saturated rings. The molecule has 2 aromatic carbocycles. The number of aromatic nitrogens is 1. The second-order valence-electron chi connectivity index (χ2n) is 5.65. The number of thiazole rings is 1. The third kappa shape index (κ3) is 4.25. The van der Waals surface area contributed by atoms with Gasteiger partial charge in [-0.25, -0.2) is 9.78 Å².